The second kappa shape index (κ2) is 9.31. The summed E-state index contributed by atoms with van der Waals surface area (Å²) in [7, 11) is 0. The largest absolute Gasteiger partial charge is 0.454 e. The van der Waals surface area contributed by atoms with Crippen LogP contribution in [0.2, 0.25) is 0 Å². The van der Waals surface area contributed by atoms with Crippen LogP contribution in [0.25, 0.3) is 0 Å². The molecule has 164 valence electrons. The molecule has 2 fully saturated rings. The van der Waals surface area contributed by atoms with Gasteiger partial charge in [-0.25, -0.2) is 0 Å². The molecule has 1 amide bonds. The highest BCUT2D eigenvalue weighted by atomic mass is 16.7. The number of nitrogens with zero attached hydrogens (tertiary/aromatic N) is 2. The van der Waals surface area contributed by atoms with Crippen molar-refractivity contribution in [2.75, 3.05) is 33.0 Å². The molecule has 0 saturated carbocycles. The summed E-state index contributed by atoms with van der Waals surface area (Å²) in [5, 5.41) is 0. The third kappa shape index (κ3) is 4.87. The maximum absolute atomic E-state index is 13.2. The summed E-state index contributed by atoms with van der Waals surface area (Å²) >= 11 is 0. The van der Waals surface area contributed by atoms with Crippen molar-refractivity contribution in [2.45, 2.75) is 38.6 Å². The number of ether oxygens (including phenoxy) is 2. The van der Waals surface area contributed by atoms with Gasteiger partial charge in [0.2, 0.25) is 12.7 Å². The molecule has 0 aromatic heterocycles. The zero-order valence-electron chi connectivity index (χ0n) is 18.2. The van der Waals surface area contributed by atoms with Crippen molar-refractivity contribution in [2.24, 2.45) is 11.8 Å². The Hall–Kier alpha value is -2.53. The third-order valence-corrected chi connectivity index (χ3v) is 6.99. The smallest absolute Gasteiger partial charge is 0.231 e. The normalized spacial score (nSPS) is 21.9. The van der Waals surface area contributed by atoms with Crippen molar-refractivity contribution in [3.8, 4) is 11.5 Å². The number of carbonyl (C=O) groups is 1. The number of carbonyl (C=O) groups excluding carboxylic acids is 1. The molecule has 0 bridgehead atoms. The molecule has 5 heteroatoms. The van der Waals surface area contributed by atoms with Gasteiger partial charge in [0.05, 0.1) is 5.92 Å². The van der Waals surface area contributed by atoms with E-state index in [1.54, 1.807) is 0 Å². The van der Waals surface area contributed by atoms with Gasteiger partial charge in [0.25, 0.3) is 0 Å². The van der Waals surface area contributed by atoms with Gasteiger partial charge in [0, 0.05) is 26.2 Å². The Balaban J connectivity index is 1.12. The Morgan fingerprint density at radius 2 is 1.71 bits per heavy atom. The van der Waals surface area contributed by atoms with Crippen molar-refractivity contribution in [1.82, 2.24) is 9.80 Å². The van der Waals surface area contributed by atoms with E-state index >= 15 is 0 Å². The predicted molar refractivity (Wildman–Crippen MR) is 120 cm³/mol. The topological polar surface area (TPSA) is 42.0 Å². The van der Waals surface area contributed by atoms with Crippen molar-refractivity contribution >= 4 is 5.91 Å². The van der Waals surface area contributed by atoms with Crippen molar-refractivity contribution in [3.63, 3.8) is 0 Å². The monoisotopic (exact) mass is 420 g/mol. The average molecular weight is 421 g/mol. The molecule has 2 aromatic rings. The molecule has 2 saturated heterocycles. The van der Waals surface area contributed by atoms with Crippen LogP contribution < -0.4 is 9.47 Å². The molecule has 2 aromatic carbocycles. The molecule has 1 atom stereocenters. The number of piperidine rings is 2. The predicted octanol–water partition coefficient (Wildman–Crippen LogP) is 4.11. The molecule has 0 radical (unpaired) electrons. The van der Waals surface area contributed by atoms with Crippen molar-refractivity contribution in [3.05, 3.63) is 59.7 Å². The Morgan fingerprint density at radius 1 is 0.903 bits per heavy atom. The number of benzene rings is 2. The van der Waals surface area contributed by atoms with Crippen LogP contribution in [-0.2, 0) is 17.8 Å². The zero-order valence-corrected chi connectivity index (χ0v) is 18.2. The summed E-state index contributed by atoms with van der Waals surface area (Å²) < 4.78 is 10.9. The first-order valence-corrected chi connectivity index (χ1v) is 11.7. The second-order valence-corrected chi connectivity index (χ2v) is 9.22. The fourth-order valence-electron chi connectivity index (χ4n) is 5.26. The number of amides is 1. The Labute approximate surface area is 184 Å². The van der Waals surface area contributed by atoms with Crippen LogP contribution in [0, 0.1) is 11.8 Å². The highest BCUT2D eigenvalue weighted by molar-refractivity contribution is 5.79. The number of fused-ring (bicyclic) bond motifs is 1. The first kappa shape index (κ1) is 20.4. The minimum absolute atomic E-state index is 0.133. The maximum atomic E-state index is 13.2. The van der Waals surface area contributed by atoms with Crippen LogP contribution in [-0.4, -0.2) is 48.7 Å². The Morgan fingerprint density at radius 3 is 2.55 bits per heavy atom. The van der Waals surface area contributed by atoms with Crippen LogP contribution in [0.1, 0.15) is 36.8 Å². The summed E-state index contributed by atoms with van der Waals surface area (Å²) in [6.07, 6.45) is 5.48. The van der Waals surface area contributed by atoms with Crippen molar-refractivity contribution < 1.29 is 14.3 Å². The molecule has 0 N–H and O–H groups in total. The molecule has 3 heterocycles. The fourth-order valence-corrected chi connectivity index (χ4v) is 5.26. The number of hydrogen-bond donors (Lipinski definition) is 0. The standard InChI is InChI=1S/C26H32N2O3/c29-26(28-13-10-21(11-14-28)15-20-5-2-1-3-6-20)23-7-4-12-27(18-23)17-22-8-9-24-25(16-22)31-19-30-24/h1-3,5-6,8-9,16,21,23H,4,7,10-15,17-19H2/t23-/m1/s1. The van der Waals surface area contributed by atoms with E-state index in [1.807, 2.05) is 6.07 Å². The summed E-state index contributed by atoms with van der Waals surface area (Å²) in [5.74, 6) is 2.86. The first-order valence-electron chi connectivity index (χ1n) is 11.7. The molecule has 5 nitrogen and oxygen atoms in total. The SMILES string of the molecule is O=C([C@@H]1CCCN(Cc2ccc3c(c2)OCO3)C1)N1CCC(Cc2ccccc2)CC1. The van der Waals surface area contributed by atoms with Gasteiger partial charge in [-0.1, -0.05) is 36.4 Å². The maximum Gasteiger partial charge on any atom is 0.231 e. The van der Waals surface area contributed by atoms with Crippen molar-refractivity contribution in [1.29, 1.82) is 0 Å². The van der Waals surface area contributed by atoms with Crippen LogP contribution in [0.3, 0.4) is 0 Å². The van der Waals surface area contributed by atoms with Gasteiger partial charge in [-0.2, -0.15) is 0 Å². The summed E-state index contributed by atoms with van der Waals surface area (Å²) in [4.78, 5) is 17.8. The quantitative estimate of drug-likeness (QED) is 0.730. The lowest BCUT2D eigenvalue weighted by Crippen LogP contribution is -2.47. The average Bonchev–Trinajstić information content (AvgIpc) is 3.28. The van der Waals surface area contributed by atoms with Crippen LogP contribution in [0.15, 0.2) is 48.5 Å². The van der Waals surface area contributed by atoms with E-state index in [9.17, 15) is 4.79 Å². The van der Waals surface area contributed by atoms with E-state index in [0.29, 0.717) is 18.6 Å². The lowest BCUT2D eigenvalue weighted by atomic mass is 9.89. The minimum Gasteiger partial charge on any atom is -0.454 e. The van der Waals surface area contributed by atoms with E-state index in [2.05, 4.69) is 52.3 Å². The first-order chi connectivity index (χ1) is 15.2. The molecular weight excluding hydrogens is 388 g/mol. The number of hydrogen-bond acceptors (Lipinski definition) is 4. The van der Waals surface area contributed by atoms with Crippen LogP contribution in [0.4, 0.5) is 0 Å². The molecule has 0 aliphatic carbocycles. The van der Waals surface area contributed by atoms with Crippen LogP contribution >= 0.6 is 0 Å². The number of likely N-dealkylation sites (tertiary alicyclic amines) is 2. The Kier molecular flexibility index (Phi) is 6.12. The molecular formula is C26H32N2O3. The van der Waals surface area contributed by atoms with Gasteiger partial charge in [-0.3, -0.25) is 9.69 Å². The van der Waals surface area contributed by atoms with Gasteiger partial charge in [-0.05, 0) is 67.8 Å². The highest BCUT2D eigenvalue weighted by Gasteiger charge is 2.31. The van der Waals surface area contributed by atoms with Gasteiger partial charge in [0.1, 0.15) is 0 Å². The third-order valence-electron chi connectivity index (χ3n) is 6.99. The summed E-state index contributed by atoms with van der Waals surface area (Å²) in [5.41, 5.74) is 2.64. The van der Waals surface area contributed by atoms with Gasteiger partial charge >= 0.3 is 0 Å². The summed E-state index contributed by atoms with van der Waals surface area (Å²) in [6, 6.07) is 16.9. The number of rotatable bonds is 5. The molecule has 31 heavy (non-hydrogen) atoms. The van der Waals surface area contributed by atoms with Gasteiger partial charge < -0.3 is 14.4 Å². The van der Waals surface area contributed by atoms with Crippen LogP contribution in [0.5, 0.6) is 11.5 Å². The zero-order chi connectivity index (χ0) is 21.0. The van der Waals surface area contributed by atoms with E-state index in [-0.39, 0.29) is 5.92 Å². The second-order valence-electron chi connectivity index (χ2n) is 9.22. The van der Waals surface area contributed by atoms with E-state index in [0.717, 1.165) is 76.3 Å². The molecule has 5 rings (SSSR count). The molecule has 0 spiro atoms. The van der Waals surface area contributed by atoms with E-state index < -0.39 is 0 Å². The minimum atomic E-state index is 0.133. The highest BCUT2D eigenvalue weighted by Crippen LogP contribution is 2.33. The van der Waals surface area contributed by atoms with E-state index in [1.165, 1.54) is 11.1 Å². The van der Waals surface area contributed by atoms with Gasteiger partial charge in [-0.15, -0.1) is 0 Å². The molecule has 3 aliphatic rings. The lowest BCUT2D eigenvalue weighted by Gasteiger charge is -2.38. The Bertz CT molecular complexity index is 893. The van der Waals surface area contributed by atoms with Gasteiger partial charge in [0.15, 0.2) is 11.5 Å². The molecule has 0 unspecified atom stereocenters. The van der Waals surface area contributed by atoms with E-state index in [4.69, 9.17) is 9.47 Å². The lowest BCUT2D eigenvalue weighted by molar-refractivity contribution is -0.138. The fraction of sp³-hybridized carbons (Fsp3) is 0.500. The summed E-state index contributed by atoms with van der Waals surface area (Å²) in [6.45, 7) is 4.90. The molecule has 3 aliphatic heterocycles.